The molecule has 1 heterocycles. The van der Waals surface area contributed by atoms with Gasteiger partial charge in [-0.15, -0.1) is 11.3 Å². The second kappa shape index (κ2) is 8.10. The van der Waals surface area contributed by atoms with Crippen LogP contribution in [0.15, 0.2) is 47.8 Å². The van der Waals surface area contributed by atoms with Gasteiger partial charge >= 0.3 is 0 Å². The maximum Gasteiger partial charge on any atom is 0.0431 e. The Balaban J connectivity index is 1.87. The van der Waals surface area contributed by atoms with Crippen LogP contribution >= 0.6 is 11.3 Å². The molecule has 2 aromatic rings. The van der Waals surface area contributed by atoms with Crippen LogP contribution in [-0.2, 0) is 6.42 Å². The summed E-state index contributed by atoms with van der Waals surface area (Å²) in [4.78, 5) is 1.42. The predicted octanol–water partition coefficient (Wildman–Crippen LogP) is 3.39. The number of nitrogens with one attached hydrogen (secondary N) is 1. The molecule has 0 fully saturated rings. The second-order valence-electron chi connectivity index (χ2n) is 4.61. The Morgan fingerprint density at radius 1 is 1.11 bits per heavy atom. The molecule has 0 saturated carbocycles. The highest BCUT2D eigenvalue weighted by molar-refractivity contribution is 7.09. The van der Waals surface area contributed by atoms with E-state index in [4.69, 9.17) is 5.11 Å². The molecule has 102 valence electrons. The first-order chi connectivity index (χ1) is 9.40. The predicted molar refractivity (Wildman–Crippen MR) is 81.5 cm³/mol. The fourth-order valence-corrected chi connectivity index (χ4v) is 2.90. The number of aliphatic hydroxyl groups excluding tert-OH is 1. The largest absolute Gasteiger partial charge is 0.396 e. The van der Waals surface area contributed by atoms with Crippen LogP contribution in [0.4, 0.5) is 0 Å². The number of aliphatic hydroxyl groups is 1. The van der Waals surface area contributed by atoms with Crippen LogP contribution < -0.4 is 5.32 Å². The lowest BCUT2D eigenvalue weighted by Gasteiger charge is -2.18. The lowest BCUT2D eigenvalue weighted by molar-refractivity contribution is 0.275. The number of rotatable bonds is 8. The summed E-state index contributed by atoms with van der Waals surface area (Å²) in [6.07, 6.45) is 2.89. The molecule has 1 aromatic carbocycles. The maximum atomic E-state index is 9.01. The third kappa shape index (κ3) is 4.78. The van der Waals surface area contributed by atoms with Gasteiger partial charge in [-0.1, -0.05) is 36.4 Å². The van der Waals surface area contributed by atoms with Crippen LogP contribution in [0.25, 0.3) is 0 Å². The van der Waals surface area contributed by atoms with Crippen molar-refractivity contribution < 1.29 is 5.11 Å². The highest BCUT2D eigenvalue weighted by atomic mass is 32.1. The van der Waals surface area contributed by atoms with Crippen molar-refractivity contribution in [2.45, 2.75) is 25.3 Å². The van der Waals surface area contributed by atoms with Gasteiger partial charge in [-0.3, -0.25) is 0 Å². The summed E-state index contributed by atoms with van der Waals surface area (Å²) in [5.74, 6) is 0. The molecular formula is C16H21NOS. The smallest absolute Gasteiger partial charge is 0.0431 e. The van der Waals surface area contributed by atoms with E-state index in [1.807, 2.05) is 17.4 Å². The molecule has 1 atom stereocenters. The molecule has 3 heteroatoms. The fourth-order valence-electron chi connectivity index (χ4n) is 2.19. The fraction of sp³-hybridized carbons (Fsp3) is 0.375. The van der Waals surface area contributed by atoms with Crippen LogP contribution in [0.5, 0.6) is 0 Å². The summed E-state index contributed by atoms with van der Waals surface area (Å²) >= 11 is 1.81. The summed E-state index contributed by atoms with van der Waals surface area (Å²) in [6.45, 7) is 1.24. The highest BCUT2D eigenvalue weighted by Gasteiger charge is 2.09. The van der Waals surface area contributed by atoms with Crippen LogP contribution in [0.1, 0.15) is 29.3 Å². The lowest BCUT2D eigenvalue weighted by Crippen LogP contribution is -2.23. The molecular weight excluding hydrogens is 254 g/mol. The van der Waals surface area contributed by atoms with Gasteiger partial charge in [0, 0.05) is 24.1 Å². The van der Waals surface area contributed by atoms with Crippen molar-refractivity contribution >= 4 is 11.3 Å². The topological polar surface area (TPSA) is 32.3 Å². The normalized spacial score (nSPS) is 12.5. The summed E-state index contributed by atoms with van der Waals surface area (Å²) < 4.78 is 0. The van der Waals surface area contributed by atoms with Gasteiger partial charge in [0.15, 0.2) is 0 Å². The van der Waals surface area contributed by atoms with Gasteiger partial charge in [0.25, 0.3) is 0 Å². The first-order valence-electron chi connectivity index (χ1n) is 6.81. The van der Waals surface area contributed by atoms with Crippen molar-refractivity contribution in [2.75, 3.05) is 13.2 Å². The van der Waals surface area contributed by atoms with E-state index >= 15 is 0 Å². The zero-order chi connectivity index (χ0) is 13.3. The van der Waals surface area contributed by atoms with Crippen molar-refractivity contribution in [2.24, 2.45) is 0 Å². The molecule has 1 aromatic heterocycles. The van der Waals surface area contributed by atoms with Crippen molar-refractivity contribution in [3.8, 4) is 0 Å². The van der Waals surface area contributed by atoms with Crippen molar-refractivity contribution in [3.05, 3.63) is 58.3 Å². The maximum absolute atomic E-state index is 9.01. The highest BCUT2D eigenvalue weighted by Crippen LogP contribution is 2.18. The first-order valence-corrected chi connectivity index (χ1v) is 7.69. The Hall–Kier alpha value is -1.16. The van der Waals surface area contributed by atoms with E-state index in [1.165, 1.54) is 10.4 Å². The molecule has 19 heavy (non-hydrogen) atoms. The SMILES string of the molecule is OCCCC(NCCc1cccs1)c1ccccc1. The Labute approximate surface area is 119 Å². The molecule has 0 aliphatic carbocycles. The van der Waals surface area contributed by atoms with E-state index in [9.17, 15) is 0 Å². The summed E-state index contributed by atoms with van der Waals surface area (Å²) in [5, 5.41) is 14.7. The number of thiophene rings is 1. The Morgan fingerprint density at radius 3 is 2.63 bits per heavy atom. The van der Waals surface area contributed by atoms with Gasteiger partial charge in [-0.05, 0) is 36.3 Å². The Bertz CT molecular complexity index is 441. The third-order valence-corrected chi connectivity index (χ3v) is 4.13. The van der Waals surface area contributed by atoms with Crippen molar-refractivity contribution in [3.63, 3.8) is 0 Å². The van der Waals surface area contributed by atoms with Gasteiger partial charge in [0.2, 0.25) is 0 Å². The Kier molecular flexibility index (Phi) is 6.08. The molecule has 0 spiro atoms. The second-order valence-corrected chi connectivity index (χ2v) is 5.64. The van der Waals surface area contributed by atoms with E-state index < -0.39 is 0 Å². The number of benzene rings is 1. The van der Waals surface area contributed by atoms with E-state index in [1.54, 1.807) is 0 Å². The van der Waals surface area contributed by atoms with E-state index in [2.05, 4.69) is 47.1 Å². The van der Waals surface area contributed by atoms with Crippen LogP contribution in [0.2, 0.25) is 0 Å². The van der Waals surface area contributed by atoms with Crippen LogP contribution in [0, 0.1) is 0 Å². The molecule has 0 radical (unpaired) electrons. The van der Waals surface area contributed by atoms with Crippen LogP contribution in [0.3, 0.4) is 0 Å². The molecule has 2 rings (SSSR count). The molecule has 0 aliphatic heterocycles. The van der Waals surface area contributed by atoms with E-state index in [-0.39, 0.29) is 6.61 Å². The summed E-state index contributed by atoms with van der Waals surface area (Å²) in [6, 6.07) is 15.1. The van der Waals surface area contributed by atoms with Gasteiger partial charge in [0.05, 0.1) is 0 Å². The average Bonchev–Trinajstić information content (AvgIpc) is 2.97. The van der Waals surface area contributed by atoms with Gasteiger partial charge in [0.1, 0.15) is 0 Å². The minimum absolute atomic E-state index is 0.260. The minimum Gasteiger partial charge on any atom is -0.396 e. The standard InChI is InChI=1S/C16H21NOS/c18-12-4-9-16(14-6-2-1-3-7-14)17-11-10-15-8-5-13-19-15/h1-3,5-8,13,16-18H,4,9-12H2. The number of hydrogen-bond acceptors (Lipinski definition) is 3. The molecule has 0 saturated heterocycles. The summed E-state index contributed by atoms with van der Waals surface area (Å²) in [5.41, 5.74) is 1.31. The molecule has 2 nitrogen and oxygen atoms in total. The summed E-state index contributed by atoms with van der Waals surface area (Å²) in [7, 11) is 0. The van der Waals surface area contributed by atoms with Crippen molar-refractivity contribution in [1.29, 1.82) is 0 Å². The molecule has 0 amide bonds. The molecule has 1 unspecified atom stereocenters. The van der Waals surface area contributed by atoms with Gasteiger partial charge < -0.3 is 10.4 Å². The zero-order valence-electron chi connectivity index (χ0n) is 11.1. The first kappa shape index (κ1) is 14.3. The quantitative estimate of drug-likeness (QED) is 0.774. The molecule has 0 bridgehead atoms. The lowest BCUT2D eigenvalue weighted by atomic mass is 10.0. The molecule has 2 N–H and O–H groups in total. The van der Waals surface area contributed by atoms with Gasteiger partial charge in [-0.25, -0.2) is 0 Å². The van der Waals surface area contributed by atoms with Crippen LogP contribution in [-0.4, -0.2) is 18.3 Å². The Morgan fingerprint density at radius 2 is 1.95 bits per heavy atom. The van der Waals surface area contributed by atoms with Gasteiger partial charge in [-0.2, -0.15) is 0 Å². The average molecular weight is 275 g/mol. The number of hydrogen-bond donors (Lipinski definition) is 2. The third-order valence-electron chi connectivity index (χ3n) is 3.20. The monoisotopic (exact) mass is 275 g/mol. The molecule has 0 aliphatic rings. The van der Waals surface area contributed by atoms with Crippen molar-refractivity contribution in [1.82, 2.24) is 5.32 Å². The van der Waals surface area contributed by atoms with E-state index in [0.717, 1.165) is 25.8 Å². The minimum atomic E-state index is 0.260. The zero-order valence-corrected chi connectivity index (χ0v) is 11.9. The van der Waals surface area contributed by atoms with E-state index in [0.29, 0.717) is 6.04 Å².